The maximum atomic E-state index is 12.9. The quantitative estimate of drug-likeness (QED) is 0.607. The molecular formula is C23H29N3O5. The van der Waals surface area contributed by atoms with Crippen molar-refractivity contribution in [1.82, 2.24) is 10.2 Å². The van der Waals surface area contributed by atoms with Crippen molar-refractivity contribution in [2.75, 3.05) is 33.2 Å². The van der Waals surface area contributed by atoms with Crippen LogP contribution in [0, 0.1) is 0 Å². The monoisotopic (exact) mass is 427 g/mol. The fourth-order valence-corrected chi connectivity index (χ4v) is 3.27. The van der Waals surface area contributed by atoms with Gasteiger partial charge in [0.2, 0.25) is 5.91 Å². The van der Waals surface area contributed by atoms with Gasteiger partial charge in [-0.2, -0.15) is 0 Å². The van der Waals surface area contributed by atoms with E-state index in [1.807, 2.05) is 23.1 Å². The van der Waals surface area contributed by atoms with Crippen molar-refractivity contribution in [2.45, 2.75) is 31.8 Å². The minimum absolute atomic E-state index is 0.00267. The Balaban J connectivity index is 1.52. The van der Waals surface area contributed by atoms with Gasteiger partial charge in [0.15, 0.2) is 0 Å². The van der Waals surface area contributed by atoms with Crippen LogP contribution in [0.1, 0.15) is 24.8 Å². The third-order valence-electron chi connectivity index (χ3n) is 5.11. The minimum Gasteiger partial charge on any atom is -0.497 e. The van der Waals surface area contributed by atoms with Crippen LogP contribution in [0.5, 0.6) is 17.2 Å². The summed E-state index contributed by atoms with van der Waals surface area (Å²) in [6.45, 7) is 0.696. The van der Waals surface area contributed by atoms with Crippen molar-refractivity contribution >= 4 is 17.6 Å². The molecule has 0 aliphatic heterocycles. The number of rotatable bonds is 10. The van der Waals surface area contributed by atoms with E-state index >= 15 is 0 Å². The predicted octanol–water partition coefficient (Wildman–Crippen LogP) is 3.42. The zero-order valence-corrected chi connectivity index (χ0v) is 18.1. The van der Waals surface area contributed by atoms with Gasteiger partial charge in [0, 0.05) is 36.8 Å². The number of nitrogens with zero attached hydrogens (tertiary/aromatic N) is 1. The van der Waals surface area contributed by atoms with Crippen LogP contribution in [-0.4, -0.2) is 50.8 Å². The van der Waals surface area contributed by atoms with Crippen LogP contribution in [-0.2, 0) is 11.3 Å². The molecule has 3 rings (SSSR count). The highest BCUT2D eigenvalue weighted by atomic mass is 16.5. The first kappa shape index (κ1) is 22.3. The molecule has 0 radical (unpaired) electrons. The number of nitrogens with one attached hydrogen (secondary N) is 2. The summed E-state index contributed by atoms with van der Waals surface area (Å²) in [5.41, 5.74) is 1.54. The summed E-state index contributed by atoms with van der Waals surface area (Å²) in [6.07, 6.45) is 2.20. The number of amides is 3. The molecule has 0 aromatic heterocycles. The maximum absolute atomic E-state index is 12.9. The second-order valence-corrected chi connectivity index (χ2v) is 7.29. The number of hydrogen-bond acceptors (Lipinski definition) is 5. The van der Waals surface area contributed by atoms with Crippen LogP contribution in [0.15, 0.2) is 42.5 Å². The highest BCUT2D eigenvalue weighted by molar-refractivity contribution is 5.89. The highest BCUT2D eigenvalue weighted by Crippen LogP contribution is 2.32. The van der Waals surface area contributed by atoms with E-state index in [-0.39, 0.29) is 30.9 Å². The zero-order valence-electron chi connectivity index (χ0n) is 18.1. The Morgan fingerprint density at radius 3 is 2.26 bits per heavy atom. The smallest absolute Gasteiger partial charge is 0.319 e. The van der Waals surface area contributed by atoms with E-state index < -0.39 is 0 Å². The molecular weight excluding hydrogens is 398 g/mol. The maximum Gasteiger partial charge on any atom is 0.319 e. The Bertz CT molecular complexity index is 897. The van der Waals surface area contributed by atoms with Crippen molar-refractivity contribution < 1.29 is 23.8 Å². The predicted molar refractivity (Wildman–Crippen MR) is 118 cm³/mol. The number of methoxy groups -OCH3 is 3. The summed E-state index contributed by atoms with van der Waals surface area (Å²) in [4.78, 5) is 26.8. The highest BCUT2D eigenvalue weighted by Gasteiger charge is 2.32. The number of hydrogen-bond donors (Lipinski definition) is 2. The van der Waals surface area contributed by atoms with Crippen LogP contribution in [0.25, 0.3) is 0 Å². The number of urea groups is 1. The van der Waals surface area contributed by atoms with Gasteiger partial charge in [-0.3, -0.25) is 4.79 Å². The molecule has 1 saturated carbocycles. The molecule has 0 heterocycles. The summed E-state index contributed by atoms with van der Waals surface area (Å²) >= 11 is 0. The third-order valence-corrected chi connectivity index (χ3v) is 5.11. The molecule has 166 valence electrons. The van der Waals surface area contributed by atoms with Gasteiger partial charge in [0.05, 0.1) is 21.3 Å². The van der Waals surface area contributed by atoms with Crippen molar-refractivity contribution in [3.8, 4) is 17.2 Å². The molecule has 31 heavy (non-hydrogen) atoms. The number of ether oxygens (including phenoxy) is 3. The van der Waals surface area contributed by atoms with E-state index in [1.165, 1.54) is 0 Å². The van der Waals surface area contributed by atoms with Gasteiger partial charge >= 0.3 is 6.03 Å². The van der Waals surface area contributed by atoms with Crippen LogP contribution in [0.4, 0.5) is 10.5 Å². The van der Waals surface area contributed by atoms with Gasteiger partial charge in [-0.1, -0.05) is 0 Å². The normalized spacial score (nSPS) is 12.6. The van der Waals surface area contributed by atoms with Crippen molar-refractivity contribution in [1.29, 1.82) is 0 Å². The fraction of sp³-hybridized carbons (Fsp3) is 0.391. The number of carbonyl (C=O) groups is 2. The van der Waals surface area contributed by atoms with Gasteiger partial charge in [-0.05, 0) is 55.3 Å². The summed E-state index contributed by atoms with van der Waals surface area (Å²) in [6, 6.07) is 12.5. The SMILES string of the molecule is COc1ccc(NC(=O)NCCC(=O)N(Cc2cc(OC)ccc2OC)C2CC2)cc1. The number of anilines is 1. The Morgan fingerprint density at radius 2 is 1.65 bits per heavy atom. The van der Waals surface area contributed by atoms with Gasteiger partial charge in [0.25, 0.3) is 0 Å². The molecule has 8 nitrogen and oxygen atoms in total. The minimum atomic E-state index is -0.356. The molecule has 0 saturated heterocycles. The fourth-order valence-electron chi connectivity index (χ4n) is 3.27. The molecule has 1 fully saturated rings. The van der Waals surface area contributed by atoms with E-state index in [4.69, 9.17) is 14.2 Å². The Kier molecular flexibility index (Phi) is 7.59. The lowest BCUT2D eigenvalue weighted by molar-refractivity contribution is -0.132. The molecule has 2 N–H and O–H groups in total. The molecule has 3 amide bonds. The second-order valence-electron chi connectivity index (χ2n) is 7.29. The molecule has 0 spiro atoms. The lowest BCUT2D eigenvalue weighted by Gasteiger charge is -2.24. The van der Waals surface area contributed by atoms with Crippen LogP contribution in [0.2, 0.25) is 0 Å². The van der Waals surface area contributed by atoms with E-state index in [1.54, 1.807) is 45.6 Å². The molecule has 1 aliphatic carbocycles. The van der Waals surface area contributed by atoms with E-state index in [0.717, 1.165) is 29.9 Å². The average Bonchev–Trinajstić information content (AvgIpc) is 3.62. The van der Waals surface area contributed by atoms with E-state index in [2.05, 4.69) is 10.6 Å². The standard InChI is InChI=1S/C23H29N3O5/c1-29-19-8-4-17(5-9-19)25-23(28)24-13-12-22(27)26(18-6-7-18)15-16-14-20(30-2)10-11-21(16)31-3/h4-5,8-11,14,18H,6-7,12-13,15H2,1-3H3,(H2,24,25,28). The lowest BCUT2D eigenvalue weighted by atomic mass is 10.1. The largest absolute Gasteiger partial charge is 0.497 e. The number of carbonyl (C=O) groups excluding carboxylic acids is 2. The van der Waals surface area contributed by atoms with E-state index in [0.29, 0.717) is 18.0 Å². The average molecular weight is 428 g/mol. The first-order chi connectivity index (χ1) is 15.0. The van der Waals surface area contributed by atoms with Gasteiger partial charge in [-0.15, -0.1) is 0 Å². The summed E-state index contributed by atoms with van der Waals surface area (Å²) < 4.78 is 15.8. The van der Waals surface area contributed by atoms with Crippen molar-refractivity contribution in [3.63, 3.8) is 0 Å². The molecule has 0 atom stereocenters. The van der Waals surface area contributed by atoms with Gasteiger partial charge in [0.1, 0.15) is 17.2 Å². The van der Waals surface area contributed by atoms with Crippen LogP contribution in [0.3, 0.4) is 0 Å². The summed E-state index contributed by atoms with van der Waals surface area (Å²) in [7, 11) is 4.81. The molecule has 8 heteroatoms. The lowest BCUT2D eigenvalue weighted by Crippen LogP contribution is -2.36. The Morgan fingerprint density at radius 1 is 0.968 bits per heavy atom. The van der Waals surface area contributed by atoms with E-state index in [9.17, 15) is 9.59 Å². The van der Waals surface area contributed by atoms with Crippen molar-refractivity contribution in [3.05, 3.63) is 48.0 Å². The Labute approximate surface area is 182 Å². The molecule has 0 unspecified atom stereocenters. The Hall–Kier alpha value is -3.42. The molecule has 2 aromatic rings. The first-order valence-corrected chi connectivity index (χ1v) is 10.2. The summed E-state index contributed by atoms with van der Waals surface area (Å²) in [5, 5.41) is 5.47. The van der Waals surface area contributed by atoms with Gasteiger partial charge in [-0.25, -0.2) is 4.79 Å². The second kappa shape index (κ2) is 10.6. The van der Waals surface area contributed by atoms with Crippen LogP contribution < -0.4 is 24.8 Å². The third kappa shape index (κ3) is 6.28. The topological polar surface area (TPSA) is 89.1 Å². The first-order valence-electron chi connectivity index (χ1n) is 10.2. The van der Waals surface area contributed by atoms with Crippen molar-refractivity contribution in [2.24, 2.45) is 0 Å². The summed E-state index contributed by atoms with van der Waals surface area (Å²) in [5.74, 6) is 2.15. The van der Waals surface area contributed by atoms with Crippen LogP contribution >= 0.6 is 0 Å². The molecule has 2 aromatic carbocycles. The number of benzene rings is 2. The molecule has 0 bridgehead atoms. The zero-order chi connectivity index (χ0) is 22.2. The van der Waals surface area contributed by atoms with Gasteiger partial charge < -0.3 is 29.7 Å². The molecule has 1 aliphatic rings.